The number of hydrogen-bond acceptors (Lipinski definition) is 2. The smallest absolute Gasteiger partial charge is 0.247 e. The molecule has 0 aliphatic rings. The number of aryl methyl sites for hydroxylation is 1. The Morgan fingerprint density at radius 3 is 2.00 bits per heavy atom. The first kappa shape index (κ1) is 11.9. The van der Waals surface area contributed by atoms with Gasteiger partial charge in [0.1, 0.15) is 5.69 Å². The number of nitrogens with zero attached hydrogens (tertiary/aromatic N) is 3. The minimum absolute atomic E-state index is 0.602. The second-order valence-electron chi connectivity index (χ2n) is 2.41. The van der Waals surface area contributed by atoms with Gasteiger partial charge in [0.05, 0.1) is 0 Å². The van der Waals surface area contributed by atoms with Gasteiger partial charge >= 0.3 is 6.18 Å². The first-order chi connectivity index (χ1) is 6.14. The van der Waals surface area contributed by atoms with Crippen molar-refractivity contribution in [2.24, 2.45) is 7.05 Å². The van der Waals surface area contributed by atoms with Crippen LogP contribution >= 0.6 is 34.8 Å². The number of halogens is 6. The highest BCUT2D eigenvalue weighted by molar-refractivity contribution is 6.66. The van der Waals surface area contributed by atoms with Crippen LogP contribution in [0.25, 0.3) is 0 Å². The lowest BCUT2D eigenvalue weighted by Gasteiger charge is -2.13. The maximum atomic E-state index is 12.3. The summed E-state index contributed by atoms with van der Waals surface area (Å²) in [5.41, 5.74) is -1.89. The number of hydrogen-bond donors (Lipinski definition) is 0. The van der Waals surface area contributed by atoms with E-state index < -0.39 is 21.4 Å². The third kappa shape index (κ3) is 2.24. The van der Waals surface area contributed by atoms with Crippen LogP contribution in [0.15, 0.2) is 0 Å². The lowest BCUT2D eigenvalue weighted by Crippen LogP contribution is -2.16. The molecule has 80 valence electrons. The molecular weight excluding hydrogens is 265 g/mol. The summed E-state index contributed by atoms with van der Waals surface area (Å²) in [6, 6.07) is 0. The molecule has 1 rings (SSSR count). The summed E-state index contributed by atoms with van der Waals surface area (Å²) in [5, 5.41) is 6.03. The number of rotatable bonds is 0. The van der Waals surface area contributed by atoms with Crippen LogP contribution in [-0.4, -0.2) is 15.0 Å². The second-order valence-corrected chi connectivity index (χ2v) is 4.69. The molecule has 0 spiro atoms. The van der Waals surface area contributed by atoms with Gasteiger partial charge in [-0.05, 0) is 0 Å². The molecule has 0 radical (unpaired) electrons. The molecule has 9 heteroatoms. The molecule has 0 aliphatic heterocycles. The van der Waals surface area contributed by atoms with E-state index in [2.05, 4.69) is 10.3 Å². The fraction of sp³-hybridized carbons (Fsp3) is 0.600. The van der Waals surface area contributed by atoms with Crippen molar-refractivity contribution >= 4 is 34.8 Å². The standard InChI is InChI=1S/C5H3Cl3F3N3/c1-14-3(4(6,7)8)2(12-13-14)5(9,10)11/h1H3. The molecule has 0 saturated heterocycles. The van der Waals surface area contributed by atoms with Crippen LogP contribution in [0.4, 0.5) is 13.2 Å². The predicted molar refractivity (Wildman–Crippen MR) is 45.2 cm³/mol. The zero-order valence-corrected chi connectivity index (χ0v) is 8.88. The maximum Gasteiger partial charge on any atom is 0.437 e. The molecular formula is C5H3Cl3F3N3. The van der Waals surface area contributed by atoms with E-state index >= 15 is 0 Å². The topological polar surface area (TPSA) is 30.7 Å². The van der Waals surface area contributed by atoms with Crippen LogP contribution in [0.1, 0.15) is 11.4 Å². The molecule has 0 unspecified atom stereocenters. The molecule has 1 aromatic rings. The molecule has 0 bridgehead atoms. The van der Waals surface area contributed by atoms with E-state index in [1.807, 2.05) is 0 Å². The third-order valence-corrected chi connectivity index (χ3v) is 1.90. The van der Waals surface area contributed by atoms with E-state index in [0.717, 1.165) is 4.68 Å². The molecule has 0 saturated carbocycles. The summed E-state index contributed by atoms with van der Waals surface area (Å²) >= 11 is 16.0. The highest BCUT2D eigenvalue weighted by Gasteiger charge is 2.44. The first-order valence-corrected chi connectivity index (χ1v) is 4.31. The average molecular weight is 268 g/mol. The van der Waals surface area contributed by atoms with E-state index in [9.17, 15) is 13.2 Å². The van der Waals surface area contributed by atoms with Gasteiger partial charge in [0.25, 0.3) is 0 Å². The Bertz CT molecular complexity index is 340. The van der Waals surface area contributed by atoms with Gasteiger partial charge in [-0.15, -0.1) is 5.10 Å². The van der Waals surface area contributed by atoms with Crippen LogP contribution in [0.5, 0.6) is 0 Å². The fourth-order valence-corrected chi connectivity index (χ4v) is 1.50. The number of aromatic nitrogens is 3. The van der Waals surface area contributed by atoms with E-state index in [4.69, 9.17) is 34.8 Å². The Morgan fingerprint density at radius 2 is 1.71 bits per heavy atom. The SMILES string of the molecule is Cn1nnc(C(F)(F)F)c1C(Cl)(Cl)Cl. The Balaban J connectivity index is 3.35. The second kappa shape index (κ2) is 3.43. The summed E-state index contributed by atoms with van der Waals surface area (Å²) in [7, 11) is 1.21. The molecule has 0 aromatic carbocycles. The molecule has 0 N–H and O–H groups in total. The van der Waals surface area contributed by atoms with Crippen molar-refractivity contribution in [3.05, 3.63) is 11.4 Å². The predicted octanol–water partition coefficient (Wildman–Crippen LogP) is 2.66. The van der Waals surface area contributed by atoms with Crippen LogP contribution in [0, 0.1) is 0 Å². The maximum absolute atomic E-state index is 12.3. The van der Waals surface area contributed by atoms with E-state index in [1.165, 1.54) is 7.05 Å². The van der Waals surface area contributed by atoms with E-state index in [1.54, 1.807) is 0 Å². The molecule has 1 heterocycles. The average Bonchev–Trinajstić information content (AvgIpc) is 2.27. The largest absolute Gasteiger partial charge is 0.437 e. The molecule has 3 nitrogen and oxygen atoms in total. The van der Waals surface area contributed by atoms with Crippen molar-refractivity contribution < 1.29 is 13.2 Å². The van der Waals surface area contributed by atoms with Gasteiger partial charge in [-0.2, -0.15) is 13.2 Å². The molecule has 1 aromatic heterocycles. The summed E-state index contributed by atoms with van der Waals surface area (Å²) in [5.74, 6) is 0. The molecule has 0 fully saturated rings. The fourth-order valence-electron chi connectivity index (χ4n) is 0.866. The third-order valence-electron chi connectivity index (χ3n) is 1.36. The lowest BCUT2D eigenvalue weighted by atomic mass is 10.3. The monoisotopic (exact) mass is 267 g/mol. The Morgan fingerprint density at radius 1 is 1.21 bits per heavy atom. The normalized spacial score (nSPS) is 13.4. The van der Waals surface area contributed by atoms with Gasteiger partial charge in [-0.3, -0.25) is 0 Å². The van der Waals surface area contributed by atoms with Crippen LogP contribution in [0.2, 0.25) is 0 Å². The Labute approximate surface area is 91.7 Å². The van der Waals surface area contributed by atoms with E-state index in [-0.39, 0.29) is 0 Å². The molecule has 0 aliphatic carbocycles. The zero-order valence-electron chi connectivity index (χ0n) is 6.61. The molecule has 0 amide bonds. The van der Waals surface area contributed by atoms with Crippen LogP contribution < -0.4 is 0 Å². The van der Waals surface area contributed by atoms with Gasteiger partial charge in [0.15, 0.2) is 5.69 Å². The van der Waals surface area contributed by atoms with Gasteiger partial charge < -0.3 is 0 Å². The van der Waals surface area contributed by atoms with Crippen molar-refractivity contribution in [3.63, 3.8) is 0 Å². The van der Waals surface area contributed by atoms with Crippen molar-refractivity contribution in [2.45, 2.75) is 9.97 Å². The van der Waals surface area contributed by atoms with Crippen molar-refractivity contribution in [1.82, 2.24) is 15.0 Å². The van der Waals surface area contributed by atoms with Crippen molar-refractivity contribution in [2.75, 3.05) is 0 Å². The number of alkyl halides is 6. The molecule has 14 heavy (non-hydrogen) atoms. The Kier molecular flexibility index (Phi) is 2.91. The summed E-state index contributed by atoms with van der Waals surface area (Å²) in [6.45, 7) is 0. The lowest BCUT2D eigenvalue weighted by molar-refractivity contribution is -0.141. The first-order valence-electron chi connectivity index (χ1n) is 3.18. The van der Waals surface area contributed by atoms with Gasteiger partial charge in [-0.1, -0.05) is 40.0 Å². The minimum Gasteiger partial charge on any atom is -0.247 e. The summed E-state index contributed by atoms with van der Waals surface area (Å²) in [6.07, 6.45) is -4.69. The molecule has 0 atom stereocenters. The van der Waals surface area contributed by atoms with Crippen LogP contribution in [0.3, 0.4) is 0 Å². The summed E-state index contributed by atoms with van der Waals surface area (Å²) < 4.78 is 35.5. The van der Waals surface area contributed by atoms with Gasteiger partial charge in [-0.25, -0.2) is 4.68 Å². The van der Waals surface area contributed by atoms with E-state index in [0.29, 0.717) is 0 Å². The zero-order chi connectivity index (χ0) is 11.1. The highest BCUT2D eigenvalue weighted by Crippen LogP contribution is 2.43. The Hall–Kier alpha value is -0.200. The van der Waals surface area contributed by atoms with Crippen LogP contribution in [-0.2, 0) is 17.0 Å². The quantitative estimate of drug-likeness (QED) is 0.677. The summed E-state index contributed by atoms with van der Waals surface area (Å²) in [4.78, 5) is 0. The minimum atomic E-state index is -4.69. The van der Waals surface area contributed by atoms with Gasteiger partial charge in [0.2, 0.25) is 3.79 Å². The van der Waals surface area contributed by atoms with Crippen molar-refractivity contribution in [3.8, 4) is 0 Å². The van der Waals surface area contributed by atoms with Gasteiger partial charge in [0, 0.05) is 7.05 Å². The van der Waals surface area contributed by atoms with Crippen molar-refractivity contribution in [1.29, 1.82) is 0 Å². The highest BCUT2D eigenvalue weighted by atomic mass is 35.6.